The maximum atomic E-state index is 13.1. The quantitative estimate of drug-likeness (QED) is 0.740. The van der Waals surface area contributed by atoms with E-state index in [1.54, 1.807) is 38.1 Å². The molecule has 0 aliphatic carbocycles. The first-order valence-electron chi connectivity index (χ1n) is 10.1. The molecule has 2 aromatic rings. The Kier molecular flexibility index (Phi) is 6.15. The lowest BCUT2D eigenvalue weighted by Crippen LogP contribution is -2.31. The van der Waals surface area contributed by atoms with Gasteiger partial charge in [-0.2, -0.15) is 0 Å². The molecular weight excluding hydrogens is 394 g/mol. The largest absolute Gasteiger partial charge is 0.503 e. The van der Waals surface area contributed by atoms with E-state index in [1.807, 2.05) is 43.3 Å². The van der Waals surface area contributed by atoms with E-state index in [0.717, 1.165) is 5.69 Å². The summed E-state index contributed by atoms with van der Waals surface area (Å²) in [6.07, 6.45) is 0. The van der Waals surface area contributed by atoms with Crippen LogP contribution in [-0.4, -0.2) is 36.8 Å². The number of benzene rings is 2. The highest BCUT2D eigenvalue weighted by Crippen LogP contribution is 2.42. The van der Waals surface area contributed by atoms with Crippen molar-refractivity contribution in [3.63, 3.8) is 0 Å². The van der Waals surface area contributed by atoms with Crippen LogP contribution >= 0.6 is 0 Å². The number of hydrogen-bond acceptors (Lipinski definition) is 5. The molecule has 1 aliphatic rings. The van der Waals surface area contributed by atoms with Gasteiger partial charge in [0.05, 0.1) is 11.6 Å². The molecule has 0 aromatic heterocycles. The Balaban J connectivity index is 2.14. The van der Waals surface area contributed by atoms with Crippen LogP contribution in [0.3, 0.4) is 0 Å². The van der Waals surface area contributed by atoms with Gasteiger partial charge < -0.3 is 15.3 Å². The van der Waals surface area contributed by atoms with Gasteiger partial charge in [0.2, 0.25) is 5.91 Å². The summed E-state index contributed by atoms with van der Waals surface area (Å²) in [6, 6.07) is 13.5. The number of carbonyl (C=O) groups is 3. The number of Topliss-reactive ketones (excluding diaryl/α,β-unsaturated/α-hetero) is 1. The molecule has 1 heterocycles. The van der Waals surface area contributed by atoms with Gasteiger partial charge in [-0.1, -0.05) is 32.0 Å². The molecule has 0 fully saturated rings. The molecule has 1 atom stereocenters. The fourth-order valence-corrected chi connectivity index (χ4v) is 3.64. The lowest BCUT2D eigenvalue weighted by atomic mass is 9.91. The minimum Gasteiger partial charge on any atom is -0.503 e. The summed E-state index contributed by atoms with van der Waals surface area (Å²) < 4.78 is 0. The fourth-order valence-electron chi connectivity index (χ4n) is 3.64. The molecule has 162 valence electrons. The standard InChI is InChI=1S/C24H27N3O4/c1-14(2)22(29)20-21(16-9-11-18(12-10-16)26(4)5)27(24(31)23(20)30)19-8-6-7-17(13-19)25-15(3)28/h6-14,21,30H,1-5H3,(H,25,28). The summed E-state index contributed by atoms with van der Waals surface area (Å²) in [5.41, 5.74) is 2.75. The highest BCUT2D eigenvalue weighted by atomic mass is 16.3. The van der Waals surface area contributed by atoms with E-state index in [1.165, 1.54) is 11.8 Å². The van der Waals surface area contributed by atoms with Crippen molar-refractivity contribution in [1.29, 1.82) is 0 Å². The molecule has 1 aliphatic heterocycles. The second-order valence-corrected chi connectivity index (χ2v) is 8.08. The zero-order valence-electron chi connectivity index (χ0n) is 18.3. The number of anilines is 3. The van der Waals surface area contributed by atoms with E-state index < -0.39 is 17.7 Å². The number of rotatable bonds is 6. The van der Waals surface area contributed by atoms with Crippen molar-refractivity contribution in [2.45, 2.75) is 26.8 Å². The molecule has 31 heavy (non-hydrogen) atoms. The summed E-state index contributed by atoms with van der Waals surface area (Å²) in [6.45, 7) is 4.87. The molecular formula is C24H27N3O4. The van der Waals surface area contributed by atoms with Crippen LogP contribution < -0.4 is 15.1 Å². The lowest BCUT2D eigenvalue weighted by molar-refractivity contribution is -0.119. The molecule has 2 N–H and O–H groups in total. The minimum absolute atomic E-state index is 0.0857. The van der Waals surface area contributed by atoms with Gasteiger partial charge in [0.1, 0.15) is 0 Å². The summed E-state index contributed by atoms with van der Waals surface area (Å²) in [5.74, 6) is -2.10. The molecule has 3 rings (SSSR count). The van der Waals surface area contributed by atoms with Gasteiger partial charge in [-0.3, -0.25) is 19.3 Å². The van der Waals surface area contributed by atoms with E-state index in [9.17, 15) is 19.5 Å². The van der Waals surface area contributed by atoms with Crippen molar-refractivity contribution in [2.75, 3.05) is 29.2 Å². The van der Waals surface area contributed by atoms with Crippen molar-refractivity contribution in [1.82, 2.24) is 0 Å². The predicted molar refractivity (Wildman–Crippen MR) is 121 cm³/mol. The Labute approximate surface area is 182 Å². The number of carbonyl (C=O) groups excluding carboxylic acids is 3. The first-order valence-corrected chi connectivity index (χ1v) is 10.1. The normalized spacial score (nSPS) is 16.1. The second-order valence-electron chi connectivity index (χ2n) is 8.08. The van der Waals surface area contributed by atoms with E-state index >= 15 is 0 Å². The Morgan fingerprint density at radius 3 is 2.29 bits per heavy atom. The van der Waals surface area contributed by atoms with Crippen molar-refractivity contribution in [2.24, 2.45) is 5.92 Å². The lowest BCUT2D eigenvalue weighted by Gasteiger charge is -2.28. The predicted octanol–water partition coefficient (Wildman–Crippen LogP) is 3.84. The van der Waals surface area contributed by atoms with Crippen molar-refractivity contribution < 1.29 is 19.5 Å². The molecule has 0 radical (unpaired) electrons. The van der Waals surface area contributed by atoms with Gasteiger partial charge in [0, 0.05) is 44.0 Å². The Bertz CT molecular complexity index is 1050. The van der Waals surface area contributed by atoms with Crippen molar-refractivity contribution in [3.8, 4) is 0 Å². The van der Waals surface area contributed by atoms with Gasteiger partial charge >= 0.3 is 0 Å². The highest BCUT2D eigenvalue weighted by Gasteiger charge is 2.44. The number of nitrogens with one attached hydrogen (secondary N) is 1. The Morgan fingerprint density at radius 2 is 1.74 bits per heavy atom. The smallest absolute Gasteiger partial charge is 0.294 e. The van der Waals surface area contributed by atoms with Gasteiger partial charge in [0.15, 0.2) is 11.5 Å². The van der Waals surface area contributed by atoms with E-state index in [0.29, 0.717) is 16.9 Å². The number of ketones is 1. The van der Waals surface area contributed by atoms with Crippen LogP contribution in [0.4, 0.5) is 17.1 Å². The number of aliphatic hydroxyl groups is 1. The number of nitrogens with zero attached hydrogens (tertiary/aromatic N) is 2. The average Bonchev–Trinajstić information content (AvgIpc) is 2.98. The first kappa shape index (κ1) is 22.1. The molecule has 1 unspecified atom stereocenters. The zero-order valence-corrected chi connectivity index (χ0v) is 18.3. The van der Waals surface area contributed by atoms with Crippen LogP contribution in [0.15, 0.2) is 59.9 Å². The topological polar surface area (TPSA) is 90.0 Å². The first-order chi connectivity index (χ1) is 14.6. The summed E-state index contributed by atoms with van der Waals surface area (Å²) >= 11 is 0. The van der Waals surface area contributed by atoms with Gasteiger partial charge in [-0.15, -0.1) is 0 Å². The van der Waals surface area contributed by atoms with Crippen LogP contribution in [0, 0.1) is 5.92 Å². The molecule has 7 nitrogen and oxygen atoms in total. The van der Waals surface area contributed by atoms with Crippen LogP contribution in [0.2, 0.25) is 0 Å². The van der Waals surface area contributed by atoms with E-state index in [4.69, 9.17) is 0 Å². The SMILES string of the molecule is CC(=O)Nc1cccc(N2C(=O)C(O)=C(C(=O)C(C)C)C2c2ccc(N(C)C)cc2)c1. The average molecular weight is 421 g/mol. The maximum absolute atomic E-state index is 13.1. The van der Waals surface area contributed by atoms with Crippen LogP contribution in [0.1, 0.15) is 32.4 Å². The Morgan fingerprint density at radius 1 is 1.10 bits per heavy atom. The monoisotopic (exact) mass is 421 g/mol. The molecule has 7 heteroatoms. The molecule has 0 saturated heterocycles. The van der Waals surface area contributed by atoms with E-state index in [2.05, 4.69) is 5.32 Å². The van der Waals surface area contributed by atoms with Crippen molar-refractivity contribution >= 4 is 34.7 Å². The molecule has 0 bridgehead atoms. The fraction of sp³-hybridized carbons (Fsp3) is 0.292. The summed E-state index contributed by atoms with van der Waals surface area (Å²) in [4.78, 5) is 40.9. The van der Waals surface area contributed by atoms with Gasteiger partial charge in [0.25, 0.3) is 5.91 Å². The Hall–Kier alpha value is -3.61. The van der Waals surface area contributed by atoms with E-state index in [-0.39, 0.29) is 23.2 Å². The molecule has 0 saturated carbocycles. The summed E-state index contributed by atoms with van der Waals surface area (Å²) in [5, 5.41) is 13.4. The van der Waals surface area contributed by atoms with Crippen molar-refractivity contribution in [3.05, 3.63) is 65.4 Å². The van der Waals surface area contributed by atoms with Gasteiger partial charge in [-0.05, 0) is 35.9 Å². The summed E-state index contributed by atoms with van der Waals surface area (Å²) in [7, 11) is 3.85. The van der Waals surface area contributed by atoms with Crippen LogP contribution in [0.5, 0.6) is 0 Å². The minimum atomic E-state index is -0.772. The number of amides is 2. The highest BCUT2D eigenvalue weighted by molar-refractivity contribution is 6.17. The molecule has 2 amide bonds. The third kappa shape index (κ3) is 4.30. The molecule has 2 aromatic carbocycles. The third-order valence-electron chi connectivity index (χ3n) is 5.17. The van der Waals surface area contributed by atoms with Gasteiger partial charge in [-0.25, -0.2) is 0 Å². The third-order valence-corrected chi connectivity index (χ3v) is 5.17. The van der Waals surface area contributed by atoms with Crippen LogP contribution in [-0.2, 0) is 14.4 Å². The maximum Gasteiger partial charge on any atom is 0.294 e. The second kappa shape index (κ2) is 8.63. The number of aliphatic hydroxyl groups excluding tert-OH is 1. The zero-order chi connectivity index (χ0) is 22.9. The van der Waals surface area contributed by atoms with Crippen LogP contribution in [0.25, 0.3) is 0 Å². The molecule has 0 spiro atoms. The number of hydrogen-bond donors (Lipinski definition) is 2.